The highest BCUT2D eigenvalue weighted by molar-refractivity contribution is 6.42. The number of rotatable bonds is 5. The average molecular weight is 401 g/mol. The van der Waals surface area contributed by atoms with Gasteiger partial charge in [-0.3, -0.25) is 14.7 Å². The number of morpholine rings is 1. The number of hydrazone groups is 1. The second-order valence-corrected chi connectivity index (χ2v) is 7.06. The number of ether oxygens (including phenoxy) is 2. The molecular weight excluding hydrogens is 379 g/mol. The third-order valence-corrected chi connectivity index (χ3v) is 4.97. The van der Waals surface area contributed by atoms with E-state index >= 15 is 0 Å². The van der Waals surface area contributed by atoms with Crippen LogP contribution in [0.4, 0.5) is 5.69 Å². The van der Waals surface area contributed by atoms with Crippen LogP contribution in [0.2, 0.25) is 10.0 Å². The number of carbonyl (C=O) groups is 1. The van der Waals surface area contributed by atoms with Crippen LogP contribution in [-0.2, 0) is 14.3 Å². The van der Waals surface area contributed by atoms with Gasteiger partial charge in [-0.25, -0.2) is 0 Å². The first kappa shape index (κ1) is 19.4. The molecule has 0 aliphatic carbocycles. The van der Waals surface area contributed by atoms with Gasteiger partial charge in [0.05, 0.1) is 41.6 Å². The molecule has 1 atom stereocenters. The number of hydrogen-bond acceptors (Lipinski definition) is 6. The van der Waals surface area contributed by atoms with E-state index in [1.807, 2.05) is 6.07 Å². The van der Waals surface area contributed by atoms with Gasteiger partial charge < -0.3 is 14.8 Å². The number of halogens is 2. The number of carbonyl (C=O) groups excluding carboxylic acids is 1. The lowest BCUT2D eigenvalue weighted by molar-refractivity contribution is -0.123. The fourth-order valence-corrected chi connectivity index (χ4v) is 3.28. The second kappa shape index (κ2) is 9.01. The lowest BCUT2D eigenvalue weighted by atomic mass is 10.3. The number of amidine groups is 1. The van der Waals surface area contributed by atoms with E-state index in [1.54, 1.807) is 24.3 Å². The fourth-order valence-electron chi connectivity index (χ4n) is 2.99. The molecule has 1 unspecified atom stereocenters. The Hall–Kier alpha value is -1.38. The maximum absolute atomic E-state index is 12.3. The van der Waals surface area contributed by atoms with E-state index in [0.29, 0.717) is 55.1 Å². The first-order valence-electron chi connectivity index (χ1n) is 8.48. The Bertz CT molecular complexity index is 684. The average Bonchev–Trinajstić information content (AvgIpc) is 3.06. The summed E-state index contributed by atoms with van der Waals surface area (Å²) in [6, 6.07) is 5.36. The molecule has 1 saturated heterocycles. The zero-order valence-corrected chi connectivity index (χ0v) is 16.1. The number of hydrogen-bond donors (Lipinski definition) is 1. The van der Waals surface area contributed by atoms with Crippen LogP contribution < -0.4 is 10.3 Å². The molecule has 142 valence electrons. The standard InChI is InChI=1S/C17H22Cl2N4O3/c1-25-11-13-9-22(6-7-26-13)10-17(24)20-16-4-5-23(21-16)12-2-3-14(18)15(19)8-12/h2-3,8,13H,4-7,9-11H2,1H3,(H,20,21,24). The van der Waals surface area contributed by atoms with Crippen molar-refractivity contribution in [3.8, 4) is 0 Å². The highest BCUT2D eigenvalue weighted by atomic mass is 35.5. The lowest BCUT2D eigenvalue weighted by Gasteiger charge is -2.31. The minimum Gasteiger partial charge on any atom is -0.382 e. The molecule has 1 N–H and O–H groups in total. The van der Waals surface area contributed by atoms with E-state index < -0.39 is 0 Å². The van der Waals surface area contributed by atoms with Crippen LogP contribution in [0.1, 0.15) is 6.42 Å². The van der Waals surface area contributed by atoms with Gasteiger partial charge in [-0.1, -0.05) is 23.2 Å². The molecule has 1 fully saturated rings. The van der Waals surface area contributed by atoms with E-state index in [2.05, 4.69) is 15.3 Å². The SMILES string of the molecule is COCC1CN(CC(=O)NC2=NN(c3ccc(Cl)c(Cl)c3)CC2)CCO1. The topological polar surface area (TPSA) is 66.4 Å². The van der Waals surface area contributed by atoms with E-state index in [1.165, 1.54) is 0 Å². The van der Waals surface area contributed by atoms with Crippen molar-refractivity contribution < 1.29 is 14.3 Å². The highest BCUT2D eigenvalue weighted by Gasteiger charge is 2.23. The van der Waals surface area contributed by atoms with Crippen molar-refractivity contribution in [2.24, 2.45) is 5.10 Å². The molecule has 0 bridgehead atoms. The molecule has 0 radical (unpaired) electrons. The minimum absolute atomic E-state index is 0.00974. The summed E-state index contributed by atoms with van der Waals surface area (Å²) >= 11 is 12.0. The van der Waals surface area contributed by atoms with Crippen molar-refractivity contribution in [1.82, 2.24) is 10.2 Å². The number of nitrogens with zero attached hydrogens (tertiary/aromatic N) is 3. The zero-order chi connectivity index (χ0) is 18.5. The molecule has 2 aliphatic heterocycles. The number of nitrogens with one attached hydrogen (secondary N) is 1. The summed E-state index contributed by atoms with van der Waals surface area (Å²) in [5.74, 6) is 0.584. The summed E-state index contributed by atoms with van der Waals surface area (Å²) in [5.41, 5.74) is 0.847. The van der Waals surface area contributed by atoms with Crippen LogP contribution in [0.5, 0.6) is 0 Å². The van der Waals surface area contributed by atoms with Gasteiger partial charge in [-0.05, 0) is 18.2 Å². The Kier molecular flexibility index (Phi) is 6.72. The Labute approximate surface area is 162 Å². The number of benzene rings is 1. The van der Waals surface area contributed by atoms with Crippen molar-refractivity contribution in [1.29, 1.82) is 0 Å². The maximum atomic E-state index is 12.3. The Balaban J connectivity index is 1.52. The van der Waals surface area contributed by atoms with Gasteiger partial charge in [0, 0.05) is 33.2 Å². The molecule has 1 aromatic carbocycles. The van der Waals surface area contributed by atoms with Crippen molar-refractivity contribution in [3.05, 3.63) is 28.2 Å². The summed E-state index contributed by atoms with van der Waals surface area (Å²) in [7, 11) is 1.65. The highest BCUT2D eigenvalue weighted by Crippen LogP contribution is 2.28. The molecule has 1 aromatic rings. The van der Waals surface area contributed by atoms with Crippen LogP contribution >= 0.6 is 23.2 Å². The van der Waals surface area contributed by atoms with Gasteiger partial charge in [0.15, 0.2) is 0 Å². The van der Waals surface area contributed by atoms with Crippen LogP contribution in [-0.4, -0.2) is 69.2 Å². The molecule has 0 saturated carbocycles. The monoisotopic (exact) mass is 400 g/mol. The molecule has 26 heavy (non-hydrogen) atoms. The van der Waals surface area contributed by atoms with Crippen molar-refractivity contribution in [2.45, 2.75) is 12.5 Å². The summed E-state index contributed by atoms with van der Waals surface area (Å²) in [5, 5.41) is 10.1. The summed E-state index contributed by atoms with van der Waals surface area (Å²) < 4.78 is 10.7. The predicted octanol–water partition coefficient (Wildman–Crippen LogP) is 1.98. The number of anilines is 1. The molecule has 2 aliphatic rings. The third kappa shape index (κ3) is 5.08. The lowest BCUT2D eigenvalue weighted by Crippen LogP contribution is -2.48. The molecule has 0 spiro atoms. The Morgan fingerprint density at radius 1 is 1.38 bits per heavy atom. The molecule has 1 amide bonds. The summed E-state index contributed by atoms with van der Waals surface area (Å²) in [6.07, 6.45) is 0.678. The Morgan fingerprint density at radius 2 is 2.23 bits per heavy atom. The molecule has 0 aromatic heterocycles. The molecule has 7 nitrogen and oxygen atoms in total. The maximum Gasteiger partial charge on any atom is 0.239 e. The van der Waals surface area contributed by atoms with Crippen LogP contribution in [0.3, 0.4) is 0 Å². The first-order valence-corrected chi connectivity index (χ1v) is 9.23. The van der Waals surface area contributed by atoms with Crippen LogP contribution in [0.25, 0.3) is 0 Å². The predicted molar refractivity (Wildman–Crippen MR) is 102 cm³/mol. The van der Waals surface area contributed by atoms with Crippen molar-refractivity contribution >= 4 is 40.6 Å². The smallest absolute Gasteiger partial charge is 0.239 e. The van der Waals surface area contributed by atoms with E-state index in [9.17, 15) is 4.79 Å². The van der Waals surface area contributed by atoms with E-state index in [0.717, 1.165) is 12.2 Å². The quantitative estimate of drug-likeness (QED) is 0.818. The zero-order valence-electron chi connectivity index (χ0n) is 14.6. The molecule has 9 heteroatoms. The van der Waals surface area contributed by atoms with Gasteiger partial charge in [-0.2, -0.15) is 5.10 Å². The minimum atomic E-state index is -0.0715. The molecule has 2 heterocycles. The Morgan fingerprint density at radius 3 is 3.00 bits per heavy atom. The van der Waals surface area contributed by atoms with Gasteiger partial charge >= 0.3 is 0 Å². The molecular formula is C17H22Cl2N4O3. The van der Waals surface area contributed by atoms with Gasteiger partial charge in [0.1, 0.15) is 5.84 Å². The molecule has 3 rings (SSSR count). The summed E-state index contributed by atoms with van der Waals surface area (Å²) in [4.78, 5) is 14.4. The van der Waals surface area contributed by atoms with Gasteiger partial charge in [-0.15, -0.1) is 0 Å². The first-order chi connectivity index (χ1) is 12.5. The van der Waals surface area contributed by atoms with Gasteiger partial charge in [0.2, 0.25) is 5.91 Å². The second-order valence-electron chi connectivity index (χ2n) is 6.25. The number of amides is 1. The normalized spacial score (nSPS) is 21.0. The third-order valence-electron chi connectivity index (χ3n) is 4.23. The van der Waals surface area contributed by atoms with E-state index in [4.69, 9.17) is 32.7 Å². The van der Waals surface area contributed by atoms with Crippen LogP contribution in [0.15, 0.2) is 23.3 Å². The van der Waals surface area contributed by atoms with Crippen LogP contribution in [0, 0.1) is 0 Å². The largest absolute Gasteiger partial charge is 0.382 e. The number of methoxy groups -OCH3 is 1. The van der Waals surface area contributed by atoms with Gasteiger partial charge in [0.25, 0.3) is 0 Å². The van der Waals surface area contributed by atoms with Crippen molar-refractivity contribution in [3.63, 3.8) is 0 Å². The summed E-state index contributed by atoms with van der Waals surface area (Å²) in [6.45, 7) is 3.55. The van der Waals surface area contributed by atoms with E-state index in [-0.39, 0.29) is 12.0 Å². The fraction of sp³-hybridized carbons (Fsp3) is 0.529. The van der Waals surface area contributed by atoms with Crippen molar-refractivity contribution in [2.75, 3.05) is 51.5 Å².